The highest BCUT2D eigenvalue weighted by molar-refractivity contribution is 6.26. The summed E-state index contributed by atoms with van der Waals surface area (Å²) < 4.78 is 43.4. The van der Waals surface area contributed by atoms with Crippen molar-refractivity contribution in [1.82, 2.24) is 20.0 Å². The van der Waals surface area contributed by atoms with Crippen molar-refractivity contribution in [2.24, 2.45) is 12.0 Å². The summed E-state index contributed by atoms with van der Waals surface area (Å²) in [7, 11) is 1.79. The molecular weight excluding hydrogens is 462 g/mol. The van der Waals surface area contributed by atoms with E-state index in [0.29, 0.717) is 12.4 Å². The molecule has 2 aromatic rings. The minimum Gasteiger partial charge on any atom is -0.390 e. The largest absolute Gasteiger partial charge is 0.390 e. The van der Waals surface area contributed by atoms with Crippen molar-refractivity contribution in [2.45, 2.75) is 30.2 Å². The van der Waals surface area contributed by atoms with E-state index >= 15 is 4.39 Å². The maximum Gasteiger partial charge on any atom is 0.298 e. The Morgan fingerprint density at radius 1 is 1.35 bits per heavy atom. The van der Waals surface area contributed by atoms with Gasteiger partial charge in [-0.25, -0.2) is 4.39 Å². The monoisotopic (exact) mass is 485 g/mol. The Hall–Kier alpha value is -2.87. The number of amidine groups is 1. The third kappa shape index (κ3) is 4.43. The lowest BCUT2D eigenvalue weighted by molar-refractivity contribution is -0.118. The van der Waals surface area contributed by atoms with Crippen molar-refractivity contribution in [1.29, 1.82) is 0 Å². The van der Waals surface area contributed by atoms with Gasteiger partial charge in [-0.15, -0.1) is 0 Å². The number of aryl methyl sites for hydroxylation is 1. The van der Waals surface area contributed by atoms with Gasteiger partial charge in [-0.05, 0) is 29.0 Å². The summed E-state index contributed by atoms with van der Waals surface area (Å²) in [6.45, 7) is 2.49. The number of aliphatic imine (C=N–C) groups is 1. The van der Waals surface area contributed by atoms with Crippen LogP contribution >= 0.6 is 0 Å². The summed E-state index contributed by atoms with van der Waals surface area (Å²) in [5.74, 6) is -5.00. The number of aromatic nitrogens is 2. The highest BCUT2D eigenvalue weighted by atomic mass is 27.0. The second-order valence-electron chi connectivity index (χ2n) is 8.69. The summed E-state index contributed by atoms with van der Waals surface area (Å²) in [4.78, 5) is 19.9. The first-order valence-corrected chi connectivity index (χ1v) is 11.2. The zero-order chi connectivity index (χ0) is 24.8. The van der Waals surface area contributed by atoms with Crippen LogP contribution in [0.1, 0.15) is 30.5 Å². The molecular formula is C23H23AlF3N5O2. The van der Waals surface area contributed by atoms with Gasteiger partial charge in [0.25, 0.3) is 11.8 Å². The van der Waals surface area contributed by atoms with Gasteiger partial charge in [-0.1, -0.05) is 19.1 Å². The van der Waals surface area contributed by atoms with Gasteiger partial charge in [-0.2, -0.15) is 13.9 Å². The van der Waals surface area contributed by atoms with E-state index in [2.05, 4.69) is 31.7 Å². The molecule has 2 aliphatic rings. The van der Waals surface area contributed by atoms with Crippen LogP contribution in [-0.2, 0) is 22.2 Å². The molecule has 7 nitrogen and oxygen atoms in total. The van der Waals surface area contributed by atoms with E-state index in [0.717, 1.165) is 17.2 Å². The number of hydrogen-bond acceptors (Lipinski definition) is 5. The molecule has 0 unspecified atom stereocenters. The highest BCUT2D eigenvalue weighted by Crippen LogP contribution is 2.34. The van der Waals surface area contributed by atoms with E-state index in [-0.39, 0.29) is 17.2 Å². The summed E-state index contributed by atoms with van der Waals surface area (Å²) in [5.41, 5.74) is 0.748. The van der Waals surface area contributed by atoms with Crippen molar-refractivity contribution in [3.05, 3.63) is 70.9 Å². The Kier molecular flexibility index (Phi) is 6.23. The fraction of sp³-hybridized carbons (Fsp3) is 0.348. The Labute approximate surface area is 203 Å². The fourth-order valence-corrected chi connectivity index (χ4v) is 4.38. The van der Waals surface area contributed by atoms with Gasteiger partial charge < -0.3 is 15.3 Å². The highest BCUT2D eigenvalue weighted by Gasteiger charge is 2.38. The quantitative estimate of drug-likeness (QED) is 0.615. The molecule has 0 aliphatic carbocycles. The first-order chi connectivity index (χ1) is 15.9. The second-order valence-corrected chi connectivity index (χ2v) is 9.84. The van der Waals surface area contributed by atoms with Gasteiger partial charge >= 0.3 is 0 Å². The number of aliphatic hydroxyl groups is 1. The molecule has 2 N–H and O–H groups in total. The number of allylic oxidation sites excluding steroid dienone is 2. The second kappa shape index (κ2) is 8.73. The smallest absolute Gasteiger partial charge is 0.298 e. The maximum absolute atomic E-state index is 15.1. The number of alkyl halides is 2. The van der Waals surface area contributed by atoms with Crippen LogP contribution in [0.5, 0.6) is 0 Å². The van der Waals surface area contributed by atoms with Crippen LogP contribution in [0.15, 0.2) is 53.4 Å². The number of nitrogens with zero attached hydrogens (tertiary/aromatic N) is 4. The van der Waals surface area contributed by atoms with Crippen LogP contribution in [-0.4, -0.2) is 67.0 Å². The molecule has 2 atom stereocenters. The topological polar surface area (TPSA) is 82.8 Å². The van der Waals surface area contributed by atoms with Crippen LogP contribution in [0.2, 0.25) is 0 Å². The average molecular weight is 485 g/mol. The molecule has 0 spiro atoms. The number of fused-ring (bicyclic) bond motifs is 1. The van der Waals surface area contributed by atoms with Gasteiger partial charge in [0.1, 0.15) is 18.3 Å². The van der Waals surface area contributed by atoms with Gasteiger partial charge in [-0.3, -0.25) is 14.5 Å². The van der Waals surface area contributed by atoms with Crippen LogP contribution in [0, 0.1) is 5.82 Å². The van der Waals surface area contributed by atoms with E-state index in [9.17, 15) is 13.6 Å². The Morgan fingerprint density at radius 2 is 2.06 bits per heavy atom. The molecule has 11 heteroatoms. The number of amides is 1. The summed E-state index contributed by atoms with van der Waals surface area (Å²) >= 11 is 2.31. The van der Waals surface area contributed by atoms with Gasteiger partial charge in [0.05, 0.1) is 23.4 Å². The number of rotatable bonds is 6. The maximum atomic E-state index is 15.1. The number of benzene rings is 1. The number of nitrogens with one attached hydrogen (secondary N) is 1. The van der Waals surface area contributed by atoms with E-state index in [1.165, 1.54) is 19.1 Å². The van der Waals surface area contributed by atoms with Crippen LogP contribution in [0.25, 0.3) is 5.57 Å². The Morgan fingerprint density at radius 3 is 2.71 bits per heavy atom. The molecule has 1 amide bonds. The number of halogens is 3. The molecule has 1 aromatic carbocycles. The molecule has 0 saturated carbocycles. The molecule has 0 bridgehead atoms. The molecule has 4 rings (SSSR count). The fourth-order valence-electron chi connectivity index (χ4n) is 4.02. The zero-order valence-electron chi connectivity index (χ0n) is 18.9. The van der Waals surface area contributed by atoms with Gasteiger partial charge in [0, 0.05) is 37.1 Å². The third-order valence-corrected chi connectivity index (χ3v) is 6.17. The first kappa shape index (κ1) is 24.3. The predicted octanol–water partition coefficient (Wildman–Crippen LogP) is 2.18. The normalized spacial score (nSPS) is 19.7. The third-order valence-electron chi connectivity index (χ3n) is 5.72. The Bertz CT molecular complexity index is 1230. The molecule has 2 aliphatic heterocycles. The number of hydrogen-bond donors (Lipinski definition) is 2. The Balaban J connectivity index is 1.68. The van der Waals surface area contributed by atoms with Crippen molar-refractivity contribution in [3.63, 3.8) is 0 Å². The van der Waals surface area contributed by atoms with E-state index in [1.807, 2.05) is 24.2 Å². The number of carbonyl (C=O) groups excluding carboxylic acids is 1. The molecule has 2 radical (unpaired) electrons. The predicted molar refractivity (Wildman–Crippen MR) is 121 cm³/mol. The molecule has 3 heterocycles. The van der Waals surface area contributed by atoms with E-state index in [4.69, 9.17) is 5.11 Å². The number of carbonyl (C=O) groups is 1. The van der Waals surface area contributed by atoms with Crippen LogP contribution in [0.4, 0.5) is 13.2 Å². The van der Waals surface area contributed by atoms with Crippen LogP contribution < -0.4 is 5.32 Å². The van der Waals surface area contributed by atoms with E-state index in [1.54, 1.807) is 24.0 Å². The van der Waals surface area contributed by atoms with Crippen molar-refractivity contribution >= 4 is 33.6 Å². The molecule has 0 saturated heterocycles. The molecule has 1 aromatic heterocycles. The first-order valence-electron chi connectivity index (χ1n) is 10.6. The lowest BCUT2D eigenvalue weighted by atomic mass is 9.98. The standard InChI is InChI=1S/C23H23F3N5O2.Al/c1-13-9-31-11-15(16-8-27-30(3)10-16)7-18(21(31)28-13)22(33)29-14(2)17-5-4-6-19(20(17)24)23(25,26)12-32;/h4-8,10-11,13,32H,9,12H2,1-3H3,(H,29,33);/t13-;/m1./s1. The molecule has 0 fully saturated rings. The average Bonchev–Trinajstić information content (AvgIpc) is 3.36. The molecule has 34 heavy (non-hydrogen) atoms. The van der Waals surface area contributed by atoms with Crippen molar-refractivity contribution in [3.8, 4) is 0 Å². The van der Waals surface area contributed by atoms with Crippen molar-refractivity contribution in [2.75, 3.05) is 13.2 Å². The summed E-state index contributed by atoms with van der Waals surface area (Å²) in [6.07, 6.45) is 7.09. The van der Waals surface area contributed by atoms with Gasteiger partial charge in [0.2, 0.25) is 0 Å². The molecule has 176 valence electrons. The minimum atomic E-state index is -3.75. The van der Waals surface area contributed by atoms with E-state index < -0.39 is 34.2 Å². The lowest BCUT2D eigenvalue weighted by Gasteiger charge is -2.32. The minimum absolute atomic E-state index is 0.0343. The SMILES string of the molecule is C[C@@H]1CN2C=C(c3cnn(C)c3)C=C(C(=O)N[C@](C)([Al])c3cccc(C(F)(F)CO)c3F)C2=N1. The lowest BCUT2D eigenvalue weighted by Crippen LogP contribution is -2.47. The number of aliphatic hydroxyl groups excluding tert-OH is 1. The zero-order valence-corrected chi connectivity index (χ0v) is 20.0. The van der Waals surface area contributed by atoms with Crippen LogP contribution in [0.3, 0.4) is 0 Å². The van der Waals surface area contributed by atoms with Gasteiger partial charge in [0.15, 0.2) is 16.3 Å². The summed E-state index contributed by atoms with van der Waals surface area (Å²) in [5, 5.41) is 15.9. The van der Waals surface area contributed by atoms with Crippen molar-refractivity contribution < 1.29 is 23.1 Å². The summed E-state index contributed by atoms with van der Waals surface area (Å²) in [6, 6.07) is 3.46.